The number of anilines is 2. The molecule has 0 unspecified atom stereocenters. The second-order valence-electron chi connectivity index (χ2n) is 7.44. The van der Waals surface area contributed by atoms with E-state index in [1.807, 2.05) is 61.5 Å². The molecule has 3 rings (SSSR count). The molecule has 0 saturated carbocycles. The van der Waals surface area contributed by atoms with Crippen molar-refractivity contribution in [3.63, 3.8) is 0 Å². The highest BCUT2D eigenvalue weighted by molar-refractivity contribution is 7.89. The molecule has 7 nitrogen and oxygen atoms in total. The molecular weight excluding hydrogens is 426 g/mol. The first kappa shape index (κ1) is 23.3. The summed E-state index contributed by atoms with van der Waals surface area (Å²) in [5.41, 5.74) is 2.59. The largest absolute Gasteiger partial charge is 0.419 e. The van der Waals surface area contributed by atoms with E-state index in [1.165, 1.54) is 4.90 Å². The van der Waals surface area contributed by atoms with Crippen molar-refractivity contribution in [2.75, 3.05) is 37.5 Å². The normalized spacial score (nSPS) is 11.1. The van der Waals surface area contributed by atoms with E-state index in [1.54, 1.807) is 43.4 Å². The Morgan fingerprint density at radius 2 is 1.47 bits per heavy atom. The molecule has 0 aliphatic heterocycles. The van der Waals surface area contributed by atoms with Gasteiger partial charge in [-0.05, 0) is 60.5 Å². The van der Waals surface area contributed by atoms with Gasteiger partial charge in [-0.3, -0.25) is 4.90 Å². The lowest BCUT2D eigenvalue weighted by atomic mass is 10.1. The molecule has 0 aliphatic rings. The summed E-state index contributed by atoms with van der Waals surface area (Å²) in [6, 6.07) is 22.9. The molecular formula is C24H27N3O4S. The van der Waals surface area contributed by atoms with Gasteiger partial charge in [0.05, 0.1) is 4.90 Å². The highest BCUT2D eigenvalue weighted by Crippen LogP contribution is 2.18. The van der Waals surface area contributed by atoms with Crippen LogP contribution < -0.4 is 19.3 Å². The number of amides is 1. The third-order valence-corrected chi connectivity index (χ3v) is 6.39. The van der Waals surface area contributed by atoms with E-state index in [9.17, 15) is 13.2 Å². The highest BCUT2D eigenvalue weighted by Gasteiger charge is 2.14. The number of carbonyl (C=O) groups excluding carboxylic acids is 1. The molecule has 0 aromatic heterocycles. The molecule has 0 fully saturated rings. The van der Waals surface area contributed by atoms with Crippen LogP contribution >= 0.6 is 0 Å². The van der Waals surface area contributed by atoms with Crippen LogP contribution in [-0.4, -0.2) is 42.2 Å². The van der Waals surface area contributed by atoms with Crippen molar-refractivity contribution in [2.24, 2.45) is 0 Å². The number of nitrogens with one attached hydrogen (secondary N) is 1. The quantitative estimate of drug-likeness (QED) is 0.560. The molecule has 8 heteroatoms. The lowest BCUT2D eigenvalue weighted by molar-refractivity contribution is 0.209. The maximum Gasteiger partial charge on any atom is 0.419 e. The Kier molecular flexibility index (Phi) is 7.50. The molecule has 0 radical (unpaired) electrons. The molecule has 1 amide bonds. The molecule has 0 bridgehead atoms. The number of sulfonamides is 1. The van der Waals surface area contributed by atoms with Gasteiger partial charge in [0.25, 0.3) is 0 Å². The standard InChI is InChI=1S/C24H27N3O4S/c1-26(2)20-11-15-23(16-12-20)32(29,30)25-18-17-19-9-13-22(14-10-19)31-24(28)27(3)21-7-5-4-6-8-21/h4-16,25H,17-18H2,1-3H3. The second kappa shape index (κ2) is 10.3. The van der Waals surface area contributed by atoms with Gasteiger partial charge >= 0.3 is 6.09 Å². The molecule has 168 valence electrons. The van der Waals surface area contributed by atoms with Gasteiger partial charge in [0, 0.05) is 39.1 Å². The predicted molar refractivity (Wildman–Crippen MR) is 127 cm³/mol. The smallest absolute Gasteiger partial charge is 0.410 e. The first-order valence-corrected chi connectivity index (χ1v) is 11.6. The average Bonchev–Trinajstić information content (AvgIpc) is 2.80. The lowest BCUT2D eigenvalue weighted by Gasteiger charge is -2.16. The molecule has 0 heterocycles. The van der Waals surface area contributed by atoms with Crippen LogP contribution in [0.15, 0.2) is 83.8 Å². The Morgan fingerprint density at radius 3 is 2.06 bits per heavy atom. The van der Waals surface area contributed by atoms with Gasteiger partial charge in [-0.1, -0.05) is 30.3 Å². The molecule has 3 aromatic rings. The number of para-hydroxylation sites is 1. The molecule has 0 atom stereocenters. The minimum Gasteiger partial charge on any atom is -0.410 e. The van der Waals surface area contributed by atoms with E-state index in [0.717, 1.165) is 16.9 Å². The molecule has 0 spiro atoms. The van der Waals surface area contributed by atoms with Crippen LogP contribution in [-0.2, 0) is 16.4 Å². The van der Waals surface area contributed by atoms with Crippen molar-refractivity contribution in [3.8, 4) is 5.75 Å². The summed E-state index contributed by atoms with van der Waals surface area (Å²) < 4.78 is 33.0. The first-order chi connectivity index (χ1) is 15.3. The Morgan fingerprint density at radius 1 is 0.844 bits per heavy atom. The number of hydrogen-bond acceptors (Lipinski definition) is 5. The van der Waals surface area contributed by atoms with E-state index in [4.69, 9.17) is 4.74 Å². The van der Waals surface area contributed by atoms with E-state index in [-0.39, 0.29) is 11.4 Å². The molecule has 0 aliphatic carbocycles. The Bertz CT molecular complexity index is 1130. The average molecular weight is 454 g/mol. The van der Waals surface area contributed by atoms with Crippen molar-refractivity contribution in [2.45, 2.75) is 11.3 Å². The summed E-state index contributed by atoms with van der Waals surface area (Å²) in [7, 11) is 1.87. The maximum absolute atomic E-state index is 12.5. The zero-order valence-electron chi connectivity index (χ0n) is 18.4. The van der Waals surface area contributed by atoms with Crippen LogP contribution in [0.25, 0.3) is 0 Å². The Balaban J connectivity index is 1.51. The summed E-state index contributed by atoms with van der Waals surface area (Å²) in [5, 5.41) is 0. The monoisotopic (exact) mass is 453 g/mol. The van der Waals surface area contributed by atoms with Crippen molar-refractivity contribution >= 4 is 27.5 Å². The number of carbonyl (C=O) groups is 1. The summed E-state index contributed by atoms with van der Waals surface area (Å²) in [5.74, 6) is 0.420. The third-order valence-electron chi connectivity index (χ3n) is 4.92. The van der Waals surface area contributed by atoms with Gasteiger partial charge in [0.15, 0.2) is 0 Å². The van der Waals surface area contributed by atoms with Crippen molar-refractivity contribution < 1.29 is 17.9 Å². The predicted octanol–water partition coefficient (Wildman–Crippen LogP) is 3.91. The Hall–Kier alpha value is -3.36. The summed E-state index contributed by atoms with van der Waals surface area (Å²) in [6.45, 7) is 0.258. The second-order valence-corrected chi connectivity index (χ2v) is 9.21. The van der Waals surface area contributed by atoms with E-state index >= 15 is 0 Å². The molecule has 32 heavy (non-hydrogen) atoms. The topological polar surface area (TPSA) is 79.0 Å². The summed E-state index contributed by atoms with van der Waals surface area (Å²) in [4.78, 5) is 15.9. The molecule has 3 aromatic carbocycles. The van der Waals surface area contributed by atoms with Crippen LogP contribution in [0.5, 0.6) is 5.75 Å². The van der Waals surface area contributed by atoms with Gasteiger partial charge in [0.2, 0.25) is 10.0 Å². The fraction of sp³-hybridized carbons (Fsp3) is 0.208. The number of rotatable bonds is 8. The van der Waals surface area contributed by atoms with E-state index < -0.39 is 16.1 Å². The minimum atomic E-state index is -3.58. The van der Waals surface area contributed by atoms with Crippen LogP contribution in [0, 0.1) is 0 Å². The highest BCUT2D eigenvalue weighted by atomic mass is 32.2. The van der Waals surface area contributed by atoms with Crippen LogP contribution in [0.2, 0.25) is 0 Å². The molecule has 1 N–H and O–H groups in total. The SMILES string of the molecule is CN(C)c1ccc(S(=O)(=O)NCCc2ccc(OC(=O)N(C)c3ccccc3)cc2)cc1. The first-order valence-electron chi connectivity index (χ1n) is 10.1. The number of nitrogens with zero attached hydrogens (tertiary/aromatic N) is 2. The van der Waals surface area contributed by atoms with Gasteiger partial charge in [-0.15, -0.1) is 0 Å². The molecule has 0 saturated heterocycles. The van der Waals surface area contributed by atoms with Crippen LogP contribution in [0.3, 0.4) is 0 Å². The van der Waals surface area contributed by atoms with Gasteiger partial charge in [0.1, 0.15) is 5.75 Å². The van der Waals surface area contributed by atoms with Gasteiger partial charge in [-0.25, -0.2) is 17.9 Å². The minimum absolute atomic E-state index is 0.230. The number of hydrogen-bond donors (Lipinski definition) is 1. The van der Waals surface area contributed by atoms with Crippen molar-refractivity contribution in [3.05, 3.63) is 84.4 Å². The zero-order valence-corrected chi connectivity index (χ0v) is 19.2. The van der Waals surface area contributed by atoms with E-state index in [0.29, 0.717) is 12.2 Å². The number of ether oxygens (including phenoxy) is 1. The van der Waals surface area contributed by atoms with Crippen LogP contribution in [0.1, 0.15) is 5.56 Å². The van der Waals surface area contributed by atoms with E-state index in [2.05, 4.69) is 4.72 Å². The maximum atomic E-state index is 12.5. The third kappa shape index (κ3) is 6.09. The Labute approximate surface area is 189 Å². The van der Waals surface area contributed by atoms with Crippen molar-refractivity contribution in [1.29, 1.82) is 0 Å². The fourth-order valence-corrected chi connectivity index (χ4v) is 4.02. The lowest BCUT2D eigenvalue weighted by Crippen LogP contribution is -2.29. The van der Waals surface area contributed by atoms with Gasteiger partial charge in [-0.2, -0.15) is 0 Å². The summed E-state index contributed by atoms with van der Waals surface area (Å²) >= 11 is 0. The van der Waals surface area contributed by atoms with Crippen LogP contribution in [0.4, 0.5) is 16.2 Å². The van der Waals surface area contributed by atoms with Gasteiger partial charge < -0.3 is 9.64 Å². The van der Waals surface area contributed by atoms with Crippen molar-refractivity contribution in [1.82, 2.24) is 4.72 Å². The fourth-order valence-electron chi connectivity index (χ4n) is 2.99. The zero-order chi connectivity index (χ0) is 23.1. The summed E-state index contributed by atoms with van der Waals surface area (Å²) in [6.07, 6.45) is 0.0182. The number of benzene rings is 3.